The Kier molecular flexibility index (Phi) is 5.81. The van der Waals surface area contributed by atoms with Gasteiger partial charge in [-0.1, -0.05) is 30.3 Å². The minimum atomic E-state index is -0.636. The van der Waals surface area contributed by atoms with E-state index in [1.807, 2.05) is 30.3 Å². The van der Waals surface area contributed by atoms with E-state index in [1.165, 1.54) is 6.08 Å². The molecule has 0 aliphatic rings. The van der Waals surface area contributed by atoms with Crippen LogP contribution in [0.4, 0.5) is 0 Å². The van der Waals surface area contributed by atoms with Gasteiger partial charge in [-0.2, -0.15) is 0 Å². The molecule has 4 N–H and O–H groups in total. The molecule has 0 saturated heterocycles. The van der Waals surface area contributed by atoms with Crippen molar-refractivity contribution in [2.24, 2.45) is 5.73 Å². The number of nitrogens with two attached hydrogens (primary N) is 1. The summed E-state index contributed by atoms with van der Waals surface area (Å²) < 4.78 is 0. The highest BCUT2D eigenvalue weighted by Crippen LogP contribution is 2.00. The van der Waals surface area contributed by atoms with E-state index in [1.54, 1.807) is 6.08 Å². The Hall–Kier alpha value is -2.63. The van der Waals surface area contributed by atoms with E-state index in [0.29, 0.717) is 0 Å². The molecule has 1 aromatic carbocycles. The highest BCUT2D eigenvalue weighted by Gasteiger charge is 2.03. The van der Waals surface area contributed by atoms with Gasteiger partial charge < -0.3 is 16.4 Å². The van der Waals surface area contributed by atoms with Crippen molar-refractivity contribution in [1.29, 1.82) is 0 Å². The Morgan fingerprint density at radius 2 is 1.74 bits per heavy atom. The second kappa shape index (κ2) is 7.65. The third-order valence-electron chi connectivity index (χ3n) is 2.11. The molecule has 6 nitrogen and oxygen atoms in total. The molecule has 0 atom stereocenters. The Labute approximate surface area is 110 Å². The van der Waals surface area contributed by atoms with Gasteiger partial charge in [0.2, 0.25) is 17.7 Å². The summed E-state index contributed by atoms with van der Waals surface area (Å²) in [5, 5.41) is 4.65. The molecule has 0 aliphatic heterocycles. The van der Waals surface area contributed by atoms with E-state index in [9.17, 15) is 14.4 Å². The first-order chi connectivity index (χ1) is 9.08. The Morgan fingerprint density at radius 3 is 2.37 bits per heavy atom. The smallest absolute Gasteiger partial charge is 0.244 e. The highest BCUT2D eigenvalue weighted by molar-refractivity contribution is 5.94. The molecular formula is C13H15N3O3. The first kappa shape index (κ1) is 14.4. The predicted octanol–water partition coefficient (Wildman–Crippen LogP) is -0.582. The first-order valence-corrected chi connectivity index (χ1v) is 5.64. The number of primary amides is 1. The molecule has 0 aliphatic carbocycles. The van der Waals surface area contributed by atoms with Crippen LogP contribution in [0.15, 0.2) is 36.4 Å². The summed E-state index contributed by atoms with van der Waals surface area (Å²) in [7, 11) is 0. The van der Waals surface area contributed by atoms with E-state index in [2.05, 4.69) is 10.6 Å². The van der Waals surface area contributed by atoms with Crippen LogP contribution < -0.4 is 16.4 Å². The van der Waals surface area contributed by atoms with Gasteiger partial charge in [0.1, 0.15) is 0 Å². The van der Waals surface area contributed by atoms with Gasteiger partial charge >= 0.3 is 0 Å². The fourth-order valence-corrected chi connectivity index (χ4v) is 1.21. The maximum Gasteiger partial charge on any atom is 0.244 e. The molecule has 0 spiro atoms. The van der Waals surface area contributed by atoms with Crippen LogP contribution in [0, 0.1) is 0 Å². The average molecular weight is 261 g/mol. The van der Waals surface area contributed by atoms with Gasteiger partial charge in [0.05, 0.1) is 13.1 Å². The lowest BCUT2D eigenvalue weighted by atomic mass is 10.2. The fraction of sp³-hybridized carbons (Fsp3) is 0.154. The van der Waals surface area contributed by atoms with E-state index in [-0.39, 0.29) is 13.1 Å². The number of nitrogens with one attached hydrogen (secondary N) is 2. The van der Waals surface area contributed by atoms with E-state index >= 15 is 0 Å². The van der Waals surface area contributed by atoms with Gasteiger partial charge in [0.25, 0.3) is 0 Å². The van der Waals surface area contributed by atoms with Crippen molar-refractivity contribution in [1.82, 2.24) is 10.6 Å². The summed E-state index contributed by atoms with van der Waals surface area (Å²) >= 11 is 0. The minimum Gasteiger partial charge on any atom is -0.368 e. The summed E-state index contributed by atoms with van der Waals surface area (Å²) in [6.07, 6.45) is 2.97. The van der Waals surface area contributed by atoms with Crippen LogP contribution >= 0.6 is 0 Å². The number of carbonyl (C=O) groups excluding carboxylic acids is 3. The van der Waals surface area contributed by atoms with Crippen molar-refractivity contribution in [3.8, 4) is 0 Å². The molecule has 0 bridgehead atoms. The lowest BCUT2D eigenvalue weighted by Crippen LogP contribution is -2.40. The maximum atomic E-state index is 11.4. The van der Waals surface area contributed by atoms with Crippen molar-refractivity contribution >= 4 is 23.8 Å². The van der Waals surface area contributed by atoms with Crippen molar-refractivity contribution in [2.75, 3.05) is 13.1 Å². The number of hydrogen-bond acceptors (Lipinski definition) is 3. The lowest BCUT2D eigenvalue weighted by molar-refractivity contribution is -0.125. The zero-order chi connectivity index (χ0) is 14.1. The third kappa shape index (κ3) is 6.62. The first-order valence-electron chi connectivity index (χ1n) is 5.64. The van der Waals surface area contributed by atoms with Gasteiger partial charge in [-0.05, 0) is 11.6 Å². The summed E-state index contributed by atoms with van der Waals surface area (Å²) in [6, 6.07) is 9.29. The number of rotatable bonds is 6. The molecule has 0 heterocycles. The highest BCUT2D eigenvalue weighted by atomic mass is 16.2. The van der Waals surface area contributed by atoms with Crippen LogP contribution in [0.3, 0.4) is 0 Å². The normalized spacial score (nSPS) is 10.1. The van der Waals surface area contributed by atoms with Gasteiger partial charge in [-0.15, -0.1) is 0 Å². The number of hydrogen-bond donors (Lipinski definition) is 3. The van der Waals surface area contributed by atoms with Crippen LogP contribution in [0.2, 0.25) is 0 Å². The molecule has 0 saturated carbocycles. The van der Waals surface area contributed by atoms with Crippen molar-refractivity contribution in [3.05, 3.63) is 42.0 Å². The number of carbonyl (C=O) groups is 3. The zero-order valence-electron chi connectivity index (χ0n) is 10.3. The summed E-state index contributed by atoms with van der Waals surface area (Å²) in [5.74, 6) is -1.50. The Bertz CT molecular complexity index is 483. The van der Waals surface area contributed by atoms with Crippen LogP contribution in [-0.2, 0) is 14.4 Å². The van der Waals surface area contributed by atoms with Gasteiger partial charge in [0, 0.05) is 6.08 Å². The fourth-order valence-electron chi connectivity index (χ4n) is 1.21. The van der Waals surface area contributed by atoms with Crippen LogP contribution in [0.5, 0.6) is 0 Å². The van der Waals surface area contributed by atoms with Crippen molar-refractivity contribution in [3.63, 3.8) is 0 Å². The van der Waals surface area contributed by atoms with Crippen molar-refractivity contribution < 1.29 is 14.4 Å². The third-order valence-corrected chi connectivity index (χ3v) is 2.11. The standard InChI is InChI=1S/C13H15N3O3/c14-11(17)8-15-13(19)9-16-12(18)7-6-10-4-2-1-3-5-10/h1-7H,8-9H2,(H2,14,17)(H,15,19)(H,16,18)/b7-6+. The van der Waals surface area contributed by atoms with Crippen LogP contribution in [-0.4, -0.2) is 30.8 Å². The van der Waals surface area contributed by atoms with E-state index < -0.39 is 17.7 Å². The van der Waals surface area contributed by atoms with Gasteiger partial charge in [0.15, 0.2) is 0 Å². The van der Waals surface area contributed by atoms with Gasteiger partial charge in [-0.25, -0.2) is 0 Å². The van der Waals surface area contributed by atoms with Crippen LogP contribution in [0.25, 0.3) is 6.08 Å². The lowest BCUT2D eigenvalue weighted by Gasteiger charge is -2.03. The molecule has 6 heteroatoms. The van der Waals surface area contributed by atoms with Crippen molar-refractivity contribution in [2.45, 2.75) is 0 Å². The molecule has 0 fully saturated rings. The molecule has 0 aromatic heterocycles. The van der Waals surface area contributed by atoms with Crippen LogP contribution in [0.1, 0.15) is 5.56 Å². The largest absolute Gasteiger partial charge is 0.368 e. The Morgan fingerprint density at radius 1 is 1.05 bits per heavy atom. The molecule has 0 unspecified atom stereocenters. The number of benzene rings is 1. The summed E-state index contributed by atoms with van der Waals surface area (Å²) in [5.41, 5.74) is 5.74. The summed E-state index contributed by atoms with van der Waals surface area (Å²) in [6.45, 7) is -0.445. The molecule has 0 radical (unpaired) electrons. The number of amides is 3. The molecule has 1 rings (SSSR count). The molecule has 3 amide bonds. The van der Waals surface area contributed by atoms with E-state index in [0.717, 1.165) is 5.56 Å². The minimum absolute atomic E-state index is 0.203. The predicted molar refractivity (Wildman–Crippen MR) is 70.7 cm³/mol. The molecule has 19 heavy (non-hydrogen) atoms. The topological polar surface area (TPSA) is 101 Å². The quantitative estimate of drug-likeness (QED) is 0.597. The molecule has 100 valence electrons. The SMILES string of the molecule is NC(=O)CNC(=O)CNC(=O)/C=C/c1ccccc1. The zero-order valence-corrected chi connectivity index (χ0v) is 10.3. The molecule has 1 aromatic rings. The second-order valence-corrected chi connectivity index (χ2v) is 3.70. The maximum absolute atomic E-state index is 11.4. The van der Waals surface area contributed by atoms with E-state index in [4.69, 9.17) is 5.73 Å². The van der Waals surface area contributed by atoms with Gasteiger partial charge in [-0.3, -0.25) is 14.4 Å². The second-order valence-electron chi connectivity index (χ2n) is 3.70. The molecular weight excluding hydrogens is 246 g/mol. The monoisotopic (exact) mass is 261 g/mol. The Balaban J connectivity index is 2.30. The average Bonchev–Trinajstić information content (AvgIpc) is 2.41. The summed E-state index contributed by atoms with van der Waals surface area (Å²) in [4.78, 5) is 33.0.